The summed E-state index contributed by atoms with van der Waals surface area (Å²) in [7, 11) is 0. The van der Waals surface area contributed by atoms with Gasteiger partial charge < -0.3 is 4.74 Å². The van der Waals surface area contributed by atoms with Gasteiger partial charge in [0.25, 0.3) is 0 Å². The number of alkyl halides is 1. The molecule has 1 unspecified atom stereocenters. The smallest absolute Gasteiger partial charge is 0.123 e. The van der Waals surface area contributed by atoms with E-state index in [4.69, 9.17) is 16.3 Å². The molecule has 1 aromatic carbocycles. The first-order valence-corrected chi connectivity index (χ1v) is 6.88. The molecule has 0 N–H and O–H groups in total. The van der Waals surface area contributed by atoms with Crippen LogP contribution in [-0.4, -0.2) is 36.0 Å². The predicted molar refractivity (Wildman–Crippen MR) is 71.9 cm³/mol. The summed E-state index contributed by atoms with van der Waals surface area (Å²) in [6.07, 6.45) is 0.880. The molecule has 18 heavy (non-hydrogen) atoms. The maximum absolute atomic E-state index is 13.1. The molecule has 1 atom stereocenters. The molecule has 1 aliphatic rings. The molecule has 0 amide bonds. The van der Waals surface area contributed by atoms with Gasteiger partial charge in [0.05, 0.1) is 0 Å². The van der Waals surface area contributed by atoms with E-state index in [2.05, 4.69) is 18.7 Å². The van der Waals surface area contributed by atoms with Crippen molar-refractivity contribution < 1.29 is 9.13 Å². The minimum atomic E-state index is -0.195. The first-order valence-electron chi connectivity index (χ1n) is 6.35. The zero-order valence-electron chi connectivity index (χ0n) is 10.8. The third-order valence-electron chi connectivity index (χ3n) is 3.30. The fourth-order valence-electron chi connectivity index (χ4n) is 2.32. The topological polar surface area (TPSA) is 12.5 Å². The van der Waals surface area contributed by atoms with Gasteiger partial charge in [0, 0.05) is 37.0 Å². The van der Waals surface area contributed by atoms with Crippen molar-refractivity contribution >= 4 is 11.6 Å². The van der Waals surface area contributed by atoms with Crippen molar-refractivity contribution in [3.8, 4) is 5.75 Å². The van der Waals surface area contributed by atoms with E-state index in [9.17, 15) is 4.39 Å². The summed E-state index contributed by atoms with van der Waals surface area (Å²) in [5.41, 5.74) is 0.967. The van der Waals surface area contributed by atoms with Crippen LogP contribution in [0.15, 0.2) is 18.2 Å². The van der Waals surface area contributed by atoms with Gasteiger partial charge in [-0.25, -0.2) is 4.39 Å². The van der Waals surface area contributed by atoms with E-state index in [1.165, 1.54) is 6.07 Å². The van der Waals surface area contributed by atoms with Crippen LogP contribution in [0.5, 0.6) is 5.75 Å². The van der Waals surface area contributed by atoms with Crippen LogP contribution in [0, 0.1) is 5.82 Å². The lowest BCUT2D eigenvalue weighted by molar-refractivity contribution is 0.133. The Morgan fingerprint density at radius 3 is 2.94 bits per heavy atom. The van der Waals surface area contributed by atoms with Crippen molar-refractivity contribution in [1.29, 1.82) is 0 Å². The van der Waals surface area contributed by atoms with E-state index in [1.807, 2.05) is 0 Å². The molecule has 0 saturated heterocycles. The van der Waals surface area contributed by atoms with Crippen molar-refractivity contribution in [3.63, 3.8) is 0 Å². The molecular weight excluding hydrogens is 253 g/mol. The number of rotatable bonds is 5. The molecule has 2 rings (SSSR count). The summed E-state index contributed by atoms with van der Waals surface area (Å²) >= 11 is 5.80. The molecule has 0 radical (unpaired) electrons. The van der Waals surface area contributed by atoms with Crippen molar-refractivity contribution in [3.05, 3.63) is 29.6 Å². The van der Waals surface area contributed by atoms with Crippen LogP contribution in [0.25, 0.3) is 0 Å². The molecule has 0 spiro atoms. The van der Waals surface area contributed by atoms with Crippen LogP contribution in [-0.2, 0) is 6.42 Å². The van der Waals surface area contributed by atoms with Crippen LogP contribution in [0.3, 0.4) is 0 Å². The number of ether oxygens (including phenoxy) is 1. The van der Waals surface area contributed by atoms with Crippen LogP contribution in [0.1, 0.15) is 19.4 Å². The molecule has 0 aromatic heterocycles. The van der Waals surface area contributed by atoms with Crippen molar-refractivity contribution in [1.82, 2.24) is 4.90 Å². The molecule has 4 heteroatoms. The second kappa shape index (κ2) is 5.89. The second-order valence-electron chi connectivity index (χ2n) is 4.97. The van der Waals surface area contributed by atoms with Crippen LogP contribution in [0.2, 0.25) is 0 Å². The molecule has 0 aliphatic carbocycles. The Labute approximate surface area is 113 Å². The first kappa shape index (κ1) is 13.6. The summed E-state index contributed by atoms with van der Waals surface area (Å²) in [6.45, 7) is 5.98. The Bertz CT molecular complexity index is 411. The van der Waals surface area contributed by atoms with Gasteiger partial charge in [-0.15, -0.1) is 11.6 Å². The second-order valence-corrected chi connectivity index (χ2v) is 5.35. The summed E-state index contributed by atoms with van der Waals surface area (Å²) < 4.78 is 19.0. The summed E-state index contributed by atoms with van der Waals surface area (Å²) in [4.78, 5) is 2.29. The monoisotopic (exact) mass is 271 g/mol. The van der Waals surface area contributed by atoms with Crippen molar-refractivity contribution in [2.45, 2.75) is 32.4 Å². The normalized spacial score (nSPS) is 18.2. The average Bonchev–Trinajstić information content (AvgIpc) is 2.69. The Kier molecular flexibility index (Phi) is 4.46. The summed E-state index contributed by atoms with van der Waals surface area (Å²) in [5, 5.41) is 0. The predicted octanol–water partition coefficient (Wildman–Crippen LogP) is 3.08. The zero-order chi connectivity index (χ0) is 13.1. The minimum absolute atomic E-state index is 0.104. The average molecular weight is 272 g/mol. The van der Waals surface area contributed by atoms with E-state index in [-0.39, 0.29) is 11.9 Å². The van der Waals surface area contributed by atoms with Crippen LogP contribution >= 0.6 is 11.6 Å². The van der Waals surface area contributed by atoms with Gasteiger partial charge in [-0.3, -0.25) is 4.90 Å². The molecule has 1 aliphatic heterocycles. The highest BCUT2D eigenvalue weighted by molar-refractivity contribution is 6.18. The quantitative estimate of drug-likeness (QED) is 0.763. The van der Waals surface area contributed by atoms with Crippen LogP contribution in [0.4, 0.5) is 4.39 Å². The fraction of sp³-hybridized carbons (Fsp3) is 0.571. The molecule has 100 valence electrons. The van der Waals surface area contributed by atoms with Gasteiger partial charge in [0.2, 0.25) is 0 Å². The summed E-state index contributed by atoms with van der Waals surface area (Å²) in [6, 6.07) is 5.16. The lowest BCUT2D eigenvalue weighted by atomic mass is 10.1. The third-order valence-corrected chi connectivity index (χ3v) is 3.47. The number of hydrogen-bond acceptors (Lipinski definition) is 2. The minimum Gasteiger partial charge on any atom is -0.488 e. The van der Waals surface area contributed by atoms with E-state index < -0.39 is 0 Å². The molecule has 1 heterocycles. The van der Waals surface area contributed by atoms with E-state index in [0.717, 1.165) is 30.8 Å². The Balaban J connectivity index is 1.98. The maximum Gasteiger partial charge on any atom is 0.123 e. The Morgan fingerprint density at radius 1 is 1.50 bits per heavy atom. The Morgan fingerprint density at radius 2 is 2.28 bits per heavy atom. The zero-order valence-corrected chi connectivity index (χ0v) is 11.6. The van der Waals surface area contributed by atoms with Gasteiger partial charge in [0.15, 0.2) is 0 Å². The lowest BCUT2D eigenvalue weighted by Gasteiger charge is -2.28. The molecular formula is C14H19ClFNO. The lowest BCUT2D eigenvalue weighted by Crippen LogP contribution is -2.40. The first-order chi connectivity index (χ1) is 8.60. The molecule has 2 nitrogen and oxygen atoms in total. The number of fused-ring (bicyclic) bond motifs is 1. The Hall–Kier alpha value is -0.800. The van der Waals surface area contributed by atoms with Crippen molar-refractivity contribution in [2.24, 2.45) is 0 Å². The summed E-state index contributed by atoms with van der Waals surface area (Å²) in [5.74, 6) is 1.24. The highest BCUT2D eigenvalue weighted by atomic mass is 35.5. The number of hydrogen-bond donors (Lipinski definition) is 0. The number of benzene rings is 1. The van der Waals surface area contributed by atoms with Gasteiger partial charge in [-0.2, -0.15) is 0 Å². The standard InChI is InChI=1S/C14H19ClFNO/c1-10(2)17(6-5-15)9-13-8-11-7-12(16)3-4-14(11)18-13/h3-4,7,10,13H,5-6,8-9H2,1-2H3. The SMILES string of the molecule is CC(C)N(CCCl)CC1Cc2cc(F)ccc2O1. The van der Waals surface area contributed by atoms with Gasteiger partial charge in [-0.05, 0) is 32.0 Å². The van der Waals surface area contributed by atoms with E-state index >= 15 is 0 Å². The highest BCUT2D eigenvalue weighted by Crippen LogP contribution is 2.29. The molecule has 0 bridgehead atoms. The van der Waals surface area contributed by atoms with E-state index in [0.29, 0.717) is 11.9 Å². The van der Waals surface area contributed by atoms with Gasteiger partial charge in [-0.1, -0.05) is 0 Å². The molecule has 1 aromatic rings. The number of halogens is 2. The third kappa shape index (κ3) is 3.15. The van der Waals surface area contributed by atoms with Gasteiger partial charge in [0.1, 0.15) is 17.7 Å². The molecule has 0 fully saturated rings. The maximum atomic E-state index is 13.1. The largest absolute Gasteiger partial charge is 0.488 e. The molecule has 0 saturated carbocycles. The van der Waals surface area contributed by atoms with Crippen molar-refractivity contribution in [2.75, 3.05) is 19.0 Å². The van der Waals surface area contributed by atoms with E-state index in [1.54, 1.807) is 12.1 Å². The highest BCUT2D eigenvalue weighted by Gasteiger charge is 2.25. The van der Waals surface area contributed by atoms with Gasteiger partial charge >= 0.3 is 0 Å². The number of nitrogens with zero attached hydrogens (tertiary/aromatic N) is 1. The van der Waals surface area contributed by atoms with Crippen LogP contribution < -0.4 is 4.74 Å². The fourth-order valence-corrected chi connectivity index (χ4v) is 2.54.